The monoisotopic (exact) mass is 259 g/mol. The zero-order chi connectivity index (χ0) is 11.4. The van der Waals surface area contributed by atoms with Gasteiger partial charge in [0.25, 0.3) is 0 Å². The van der Waals surface area contributed by atoms with E-state index < -0.39 is 0 Å². The molecule has 1 aromatic rings. The molecule has 0 saturated heterocycles. The molecule has 1 heterocycles. The lowest BCUT2D eigenvalue weighted by atomic mass is 10.3. The summed E-state index contributed by atoms with van der Waals surface area (Å²) in [5.41, 5.74) is 0. The number of hydrogen-bond donors (Lipinski definition) is 1. The molecule has 0 aromatic heterocycles. The van der Waals surface area contributed by atoms with Gasteiger partial charge >= 0.3 is 0 Å². The first-order chi connectivity index (χ1) is 7.77. The summed E-state index contributed by atoms with van der Waals surface area (Å²) >= 11 is 0. The second kappa shape index (κ2) is 6.57. The van der Waals surface area contributed by atoms with Crippen molar-refractivity contribution in [2.45, 2.75) is 0 Å². The van der Waals surface area contributed by atoms with Crippen LogP contribution >= 0.6 is 0 Å². The Morgan fingerprint density at radius 1 is 1.24 bits per heavy atom. The molecular weight excluding hydrogens is 242 g/mol. The molecule has 17 heavy (non-hydrogen) atoms. The molecular formula is C12H18ClNO3. The van der Waals surface area contributed by atoms with Gasteiger partial charge in [-0.25, -0.2) is 0 Å². The van der Waals surface area contributed by atoms with E-state index in [4.69, 9.17) is 14.2 Å². The van der Waals surface area contributed by atoms with Crippen molar-refractivity contribution in [3.63, 3.8) is 0 Å². The maximum Gasteiger partial charge on any atom is 0.203 e. The van der Waals surface area contributed by atoms with Crippen LogP contribution in [0.15, 0.2) is 18.2 Å². The van der Waals surface area contributed by atoms with Crippen LogP contribution in [0.3, 0.4) is 0 Å². The van der Waals surface area contributed by atoms with E-state index in [1.165, 1.54) is 4.90 Å². The number of hydrogen-bond acceptors (Lipinski definition) is 3. The second-order valence-corrected chi connectivity index (χ2v) is 4.09. The average Bonchev–Trinajstić information content (AvgIpc) is 2.29. The standard InChI is InChI=1S/C12H17NO3.ClH/c1-13(2)6-7-14-10-4-3-5-11-12(10)16-9-8-15-11;/h3-5H,6-9H2,1-2H3;1H. The lowest BCUT2D eigenvalue weighted by Crippen LogP contribution is -3.06. The number of nitrogens with one attached hydrogen (secondary N) is 1. The highest BCUT2D eigenvalue weighted by atomic mass is 35.5. The van der Waals surface area contributed by atoms with Crippen molar-refractivity contribution in [3.05, 3.63) is 18.2 Å². The van der Waals surface area contributed by atoms with E-state index >= 15 is 0 Å². The van der Waals surface area contributed by atoms with E-state index in [9.17, 15) is 0 Å². The molecule has 0 fully saturated rings. The van der Waals surface area contributed by atoms with E-state index in [0.717, 1.165) is 23.8 Å². The third kappa shape index (κ3) is 3.68. The Morgan fingerprint density at radius 3 is 2.76 bits per heavy atom. The highest BCUT2D eigenvalue weighted by molar-refractivity contribution is 5.51. The van der Waals surface area contributed by atoms with Crippen molar-refractivity contribution in [1.29, 1.82) is 0 Å². The lowest BCUT2D eigenvalue weighted by Gasteiger charge is -2.20. The van der Waals surface area contributed by atoms with Gasteiger partial charge in [0.05, 0.1) is 14.1 Å². The van der Waals surface area contributed by atoms with Crippen LogP contribution in [-0.2, 0) is 0 Å². The second-order valence-electron chi connectivity index (χ2n) is 4.09. The smallest absolute Gasteiger partial charge is 0.203 e. The van der Waals surface area contributed by atoms with Crippen LogP contribution in [-0.4, -0.2) is 40.5 Å². The first kappa shape index (κ1) is 13.9. The largest absolute Gasteiger partial charge is 1.00 e. The molecule has 96 valence electrons. The molecule has 1 aliphatic rings. The number of para-hydroxylation sites is 1. The molecule has 1 aliphatic heterocycles. The average molecular weight is 260 g/mol. The summed E-state index contributed by atoms with van der Waals surface area (Å²) in [5.74, 6) is 2.29. The molecule has 0 unspecified atom stereocenters. The molecule has 1 aromatic carbocycles. The van der Waals surface area contributed by atoms with Crippen molar-refractivity contribution in [3.8, 4) is 17.2 Å². The fourth-order valence-electron chi connectivity index (χ4n) is 1.53. The number of ether oxygens (including phenoxy) is 3. The molecule has 5 heteroatoms. The summed E-state index contributed by atoms with van der Waals surface area (Å²) in [4.78, 5) is 1.36. The zero-order valence-electron chi connectivity index (χ0n) is 10.2. The molecule has 0 aliphatic carbocycles. The SMILES string of the molecule is C[NH+](C)CCOc1cccc2c1OCCO2.[Cl-]. The summed E-state index contributed by atoms with van der Waals surface area (Å²) in [6, 6.07) is 5.74. The van der Waals surface area contributed by atoms with Gasteiger partial charge in [-0.1, -0.05) is 6.07 Å². The van der Waals surface area contributed by atoms with Gasteiger partial charge in [-0.3, -0.25) is 0 Å². The third-order valence-electron chi connectivity index (χ3n) is 2.39. The van der Waals surface area contributed by atoms with Crippen LogP contribution in [0.5, 0.6) is 17.2 Å². The van der Waals surface area contributed by atoms with Crippen molar-refractivity contribution >= 4 is 0 Å². The molecule has 1 N–H and O–H groups in total. The third-order valence-corrected chi connectivity index (χ3v) is 2.39. The lowest BCUT2D eigenvalue weighted by molar-refractivity contribution is -0.858. The summed E-state index contributed by atoms with van der Waals surface area (Å²) in [5, 5.41) is 0. The molecule has 0 saturated carbocycles. The fraction of sp³-hybridized carbons (Fsp3) is 0.500. The normalized spacial score (nSPS) is 13.1. The molecule has 0 atom stereocenters. The van der Waals surface area contributed by atoms with Crippen LogP contribution in [0.4, 0.5) is 0 Å². The molecule has 0 radical (unpaired) electrons. The van der Waals surface area contributed by atoms with Gasteiger partial charge in [0.1, 0.15) is 26.4 Å². The van der Waals surface area contributed by atoms with Gasteiger partial charge in [0, 0.05) is 0 Å². The van der Waals surface area contributed by atoms with Crippen LogP contribution < -0.4 is 31.5 Å². The van der Waals surface area contributed by atoms with Gasteiger partial charge in [0.2, 0.25) is 5.75 Å². The summed E-state index contributed by atoms with van der Waals surface area (Å²) in [6.45, 7) is 2.84. The number of fused-ring (bicyclic) bond motifs is 1. The first-order valence-electron chi connectivity index (χ1n) is 5.58. The molecule has 0 bridgehead atoms. The number of rotatable bonds is 4. The van der Waals surface area contributed by atoms with Gasteiger partial charge in [-0.05, 0) is 12.1 Å². The Hall–Kier alpha value is -1.13. The van der Waals surface area contributed by atoms with E-state index in [2.05, 4.69) is 14.1 Å². The van der Waals surface area contributed by atoms with E-state index in [1.54, 1.807) is 0 Å². The minimum absolute atomic E-state index is 0. The van der Waals surface area contributed by atoms with Crippen LogP contribution in [0.2, 0.25) is 0 Å². The predicted molar refractivity (Wildman–Crippen MR) is 60.6 cm³/mol. The predicted octanol–water partition coefficient (Wildman–Crippen LogP) is -3.01. The minimum atomic E-state index is 0. The van der Waals surface area contributed by atoms with Crippen molar-refractivity contribution in [2.75, 3.05) is 40.5 Å². The van der Waals surface area contributed by atoms with Crippen LogP contribution in [0, 0.1) is 0 Å². The van der Waals surface area contributed by atoms with E-state index in [0.29, 0.717) is 19.8 Å². The fourth-order valence-corrected chi connectivity index (χ4v) is 1.53. The Kier molecular flexibility index (Phi) is 5.38. The van der Waals surface area contributed by atoms with E-state index in [1.807, 2.05) is 18.2 Å². The molecule has 2 rings (SSSR count). The number of likely N-dealkylation sites (N-methyl/N-ethyl adjacent to an activating group) is 1. The van der Waals surface area contributed by atoms with Crippen molar-refractivity contribution in [1.82, 2.24) is 0 Å². The minimum Gasteiger partial charge on any atom is -1.00 e. The number of halogens is 1. The highest BCUT2D eigenvalue weighted by Crippen LogP contribution is 2.38. The Balaban J connectivity index is 0.00000144. The van der Waals surface area contributed by atoms with E-state index in [-0.39, 0.29) is 12.4 Å². The summed E-state index contributed by atoms with van der Waals surface area (Å²) in [6.07, 6.45) is 0. The van der Waals surface area contributed by atoms with Crippen LogP contribution in [0.1, 0.15) is 0 Å². The Bertz CT molecular complexity index is 358. The molecule has 0 amide bonds. The van der Waals surface area contributed by atoms with Gasteiger partial charge < -0.3 is 31.5 Å². The topological polar surface area (TPSA) is 32.1 Å². The molecule has 0 spiro atoms. The number of benzene rings is 1. The number of quaternary nitrogens is 1. The summed E-state index contributed by atoms with van der Waals surface area (Å²) in [7, 11) is 4.20. The zero-order valence-corrected chi connectivity index (χ0v) is 10.9. The Morgan fingerprint density at radius 2 is 2.00 bits per heavy atom. The highest BCUT2D eigenvalue weighted by Gasteiger charge is 2.16. The quantitative estimate of drug-likeness (QED) is 0.625. The van der Waals surface area contributed by atoms with Gasteiger partial charge in [0.15, 0.2) is 11.5 Å². The Labute approximate surface area is 108 Å². The van der Waals surface area contributed by atoms with Crippen molar-refractivity contribution < 1.29 is 31.5 Å². The molecule has 4 nitrogen and oxygen atoms in total. The summed E-state index contributed by atoms with van der Waals surface area (Å²) < 4.78 is 16.7. The van der Waals surface area contributed by atoms with Gasteiger partial charge in [-0.15, -0.1) is 0 Å². The maximum absolute atomic E-state index is 5.69. The maximum atomic E-state index is 5.69. The van der Waals surface area contributed by atoms with Crippen molar-refractivity contribution in [2.24, 2.45) is 0 Å². The van der Waals surface area contributed by atoms with Gasteiger partial charge in [-0.2, -0.15) is 0 Å². The van der Waals surface area contributed by atoms with Crippen LogP contribution in [0.25, 0.3) is 0 Å². The first-order valence-corrected chi connectivity index (χ1v) is 5.58.